The number of carbonyl (C=O) groups is 2. The van der Waals surface area contributed by atoms with Gasteiger partial charge in [-0.1, -0.05) is 41.4 Å². The highest BCUT2D eigenvalue weighted by molar-refractivity contribution is 9.11. The molecule has 1 heterocycles. The van der Waals surface area contributed by atoms with Crippen molar-refractivity contribution >= 4 is 78.1 Å². The zero-order chi connectivity index (χ0) is 22.8. The van der Waals surface area contributed by atoms with Gasteiger partial charge >= 0.3 is 0 Å². The number of benzene rings is 3. The molecule has 8 heteroatoms. The van der Waals surface area contributed by atoms with E-state index in [9.17, 15) is 9.59 Å². The third-order valence-corrected chi connectivity index (χ3v) is 7.00. The maximum absolute atomic E-state index is 12.9. The Bertz CT molecular complexity index is 1200. The lowest BCUT2D eigenvalue weighted by atomic mass is 10.1. The van der Waals surface area contributed by atoms with Gasteiger partial charge in [0.05, 0.1) is 19.5 Å². The fraction of sp³-hybridized carbons (Fsp3) is 0.0833. The predicted octanol–water partition coefficient (Wildman–Crippen LogP) is 7.99. The number of amides is 2. The van der Waals surface area contributed by atoms with Crippen molar-refractivity contribution in [2.24, 2.45) is 0 Å². The molecule has 0 radical (unpaired) electrons. The summed E-state index contributed by atoms with van der Waals surface area (Å²) in [5.74, 6) is 0.297. The summed E-state index contributed by atoms with van der Waals surface area (Å²) in [4.78, 5) is 26.8. The number of thioether (sulfide) groups is 1. The molecule has 0 aliphatic carbocycles. The van der Waals surface area contributed by atoms with E-state index < -0.39 is 0 Å². The first kappa shape index (κ1) is 23.1. The van der Waals surface area contributed by atoms with Crippen LogP contribution in [0, 0.1) is 6.92 Å². The van der Waals surface area contributed by atoms with Crippen LogP contribution in [-0.4, -0.2) is 11.1 Å². The number of hydrogen-bond donors (Lipinski definition) is 0. The van der Waals surface area contributed by atoms with E-state index in [1.54, 1.807) is 30.3 Å². The standard InChI is InChI=1S/C24H16Br2ClNO3S/c1-14-2-4-15(5-3-14)13-31-22-19(25)10-16(11-20(22)26)12-21-23(29)28(24(30)32-21)18-8-6-17(27)7-9-18/h2-12H,13H2,1H3/b21-12+. The van der Waals surface area contributed by atoms with E-state index in [2.05, 4.69) is 31.9 Å². The SMILES string of the molecule is Cc1ccc(COc2c(Br)cc(/C=C3/SC(=O)N(c4ccc(Cl)cc4)C3=O)cc2Br)cc1. The second-order valence-electron chi connectivity index (χ2n) is 7.08. The maximum Gasteiger partial charge on any atom is 0.298 e. The van der Waals surface area contributed by atoms with Crippen LogP contribution < -0.4 is 9.64 Å². The van der Waals surface area contributed by atoms with Crippen LogP contribution in [0.5, 0.6) is 5.75 Å². The first-order valence-electron chi connectivity index (χ1n) is 9.53. The Hall–Kier alpha value is -2.06. The summed E-state index contributed by atoms with van der Waals surface area (Å²) >= 11 is 13.9. The molecule has 1 saturated heterocycles. The quantitative estimate of drug-likeness (QED) is 0.281. The van der Waals surface area contributed by atoms with Crippen LogP contribution >= 0.6 is 55.2 Å². The minimum Gasteiger partial charge on any atom is -0.487 e. The van der Waals surface area contributed by atoms with Crippen molar-refractivity contribution in [3.63, 3.8) is 0 Å². The van der Waals surface area contributed by atoms with Crippen molar-refractivity contribution < 1.29 is 14.3 Å². The van der Waals surface area contributed by atoms with Gasteiger partial charge in [-0.2, -0.15) is 0 Å². The van der Waals surface area contributed by atoms with Gasteiger partial charge in [0.1, 0.15) is 12.4 Å². The van der Waals surface area contributed by atoms with E-state index in [1.807, 2.05) is 43.3 Å². The van der Waals surface area contributed by atoms with Gasteiger partial charge in [-0.05, 0) is 104 Å². The number of anilines is 1. The molecule has 1 aliphatic rings. The largest absolute Gasteiger partial charge is 0.487 e. The molecule has 1 fully saturated rings. The molecule has 4 rings (SSSR count). The second-order valence-corrected chi connectivity index (χ2v) is 10.2. The molecule has 0 aromatic heterocycles. The lowest BCUT2D eigenvalue weighted by Gasteiger charge is -2.12. The van der Waals surface area contributed by atoms with Gasteiger partial charge in [0.15, 0.2) is 0 Å². The third kappa shape index (κ3) is 5.12. The van der Waals surface area contributed by atoms with Gasteiger partial charge in [-0.25, -0.2) is 4.90 Å². The molecule has 0 spiro atoms. The molecule has 32 heavy (non-hydrogen) atoms. The van der Waals surface area contributed by atoms with Crippen LogP contribution in [0.3, 0.4) is 0 Å². The van der Waals surface area contributed by atoms with E-state index in [0.29, 0.717) is 28.0 Å². The van der Waals surface area contributed by atoms with Gasteiger partial charge in [-0.3, -0.25) is 9.59 Å². The number of hydrogen-bond acceptors (Lipinski definition) is 4. The summed E-state index contributed by atoms with van der Waals surface area (Å²) in [5.41, 5.74) is 3.51. The smallest absolute Gasteiger partial charge is 0.298 e. The first-order chi connectivity index (χ1) is 15.3. The Morgan fingerprint density at radius 3 is 2.25 bits per heavy atom. The van der Waals surface area contributed by atoms with E-state index in [1.165, 1.54) is 5.56 Å². The number of aryl methyl sites for hydroxylation is 1. The van der Waals surface area contributed by atoms with Crippen molar-refractivity contribution in [3.8, 4) is 5.75 Å². The number of halogens is 3. The number of rotatable bonds is 5. The maximum atomic E-state index is 12.9. The Kier molecular flexibility index (Phi) is 7.10. The predicted molar refractivity (Wildman–Crippen MR) is 137 cm³/mol. The topological polar surface area (TPSA) is 46.6 Å². The van der Waals surface area contributed by atoms with Crippen LogP contribution in [0.4, 0.5) is 10.5 Å². The Morgan fingerprint density at radius 1 is 1.00 bits per heavy atom. The summed E-state index contributed by atoms with van der Waals surface area (Å²) in [6, 6.07) is 18.4. The second kappa shape index (κ2) is 9.83. The molecule has 0 atom stereocenters. The highest BCUT2D eigenvalue weighted by atomic mass is 79.9. The summed E-state index contributed by atoms with van der Waals surface area (Å²) in [6.45, 7) is 2.47. The van der Waals surface area contributed by atoms with Crippen molar-refractivity contribution in [1.82, 2.24) is 0 Å². The van der Waals surface area contributed by atoms with Gasteiger partial charge in [0, 0.05) is 5.02 Å². The number of carbonyl (C=O) groups excluding carboxylic acids is 2. The zero-order valence-corrected chi connectivity index (χ0v) is 21.5. The van der Waals surface area contributed by atoms with Crippen LogP contribution in [0.15, 0.2) is 74.5 Å². The molecule has 4 nitrogen and oxygen atoms in total. The van der Waals surface area contributed by atoms with Gasteiger partial charge < -0.3 is 4.74 Å². The minimum absolute atomic E-state index is 0.345. The van der Waals surface area contributed by atoms with Gasteiger partial charge in [0.2, 0.25) is 0 Å². The van der Waals surface area contributed by atoms with E-state index >= 15 is 0 Å². The monoisotopic (exact) mass is 591 g/mol. The molecule has 2 amide bonds. The molecular formula is C24H16Br2ClNO3S. The van der Waals surface area contributed by atoms with Crippen LogP contribution in [0.2, 0.25) is 5.02 Å². The lowest BCUT2D eigenvalue weighted by molar-refractivity contribution is -0.113. The molecule has 3 aromatic carbocycles. The van der Waals surface area contributed by atoms with E-state index in [-0.39, 0.29) is 11.1 Å². The van der Waals surface area contributed by atoms with E-state index in [4.69, 9.17) is 16.3 Å². The van der Waals surface area contributed by atoms with Crippen molar-refractivity contribution in [3.05, 3.63) is 96.2 Å². The minimum atomic E-state index is -0.366. The molecule has 1 aliphatic heterocycles. The average Bonchev–Trinajstić information content (AvgIpc) is 3.02. The zero-order valence-electron chi connectivity index (χ0n) is 16.8. The number of ether oxygens (including phenoxy) is 1. The Labute approximate surface area is 211 Å². The van der Waals surface area contributed by atoms with Gasteiger partial charge in [0.25, 0.3) is 11.1 Å². The molecule has 162 valence electrons. The first-order valence-corrected chi connectivity index (χ1v) is 12.3. The third-order valence-electron chi connectivity index (χ3n) is 4.70. The van der Waals surface area contributed by atoms with Crippen LogP contribution in [-0.2, 0) is 11.4 Å². The van der Waals surface area contributed by atoms with E-state index in [0.717, 1.165) is 36.7 Å². The fourth-order valence-electron chi connectivity index (χ4n) is 3.07. The van der Waals surface area contributed by atoms with Crippen LogP contribution in [0.1, 0.15) is 16.7 Å². The highest BCUT2D eigenvalue weighted by Gasteiger charge is 2.36. The highest BCUT2D eigenvalue weighted by Crippen LogP contribution is 2.39. The molecule has 0 unspecified atom stereocenters. The summed E-state index contributed by atoms with van der Waals surface area (Å²) in [7, 11) is 0. The molecule has 0 bridgehead atoms. The summed E-state index contributed by atoms with van der Waals surface area (Å²) < 4.78 is 7.46. The number of imide groups is 1. The van der Waals surface area contributed by atoms with Crippen molar-refractivity contribution in [2.45, 2.75) is 13.5 Å². The molecule has 0 N–H and O–H groups in total. The summed E-state index contributed by atoms with van der Waals surface area (Å²) in [5, 5.41) is 0.190. The van der Waals surface area contributed by atoms with Gasteiger partial charge in [-0.15, -0.1) is 0 Å². The molecular weight excluding hydrogens is 578 g/mol. The Morgan fingerprint density at radius 2 is 1.62 bits per heavy atom. The normalized spacial score (nSPS) is 15.0. The fourth-order valence-corrected chi connectivity index (χ4v) is 5.49. The average molecular weight is 594 g/mol. The lowest BCUT2D eigenvalue weighted by Crippen LogP contribution is -2.27. The Balaban J connectivity index is 1.54. The number of nitrogens with zero attached hydrogens (tertiary/aromatic N) is 1. The van der Waals surface area contributed by atoms with Crippen LogP contribution in [0.25, 0.3) is 6.08 Å². The van der Waals surface area contributed by atoms with Crippen molar-refractivity contribution in [2.75, 3.05) is 4.90 Å². The van der Waals surface area contributed by atoms with Crippen molar-refractivity contribution in [1.29, 1.82) is 0 Å². The molecule has 0 saturated carbocycles. The summed E-state index contributed by atoms with van der Waals surface area (Å²) in [6.07, 6.45) is 1.69. The molecule has 3 aromatic rings.